The van der Waals surface area contributed by atoms with Crippen molar-refractivity contribution in [1.82, 2.24) is 5.01 Å². The third kappa shape index (κ3) is 4.04. The maximum absolute atomic E-state index is 13.3. The van der Waals surface area contributed by atoms with E-state index in [9.17, 15) is 4.79 Å². The number of carbonyl (C=O) groups is 1. The fraction of sp³-hybridized carbons (Fsp3) is 0.130. The van der Waals surface area contributed by atoms with Gasteiger partial charge in [-0.1, -0.05) is 72.1 Å². The fourth-order valence-electron chi connectivity index (χ4n) is 3.13. The Balaban J connectivity index is 1.57. The maximum Gasteiger partial charge on any atom is 0.279 e. The number of nitrogens with one attached hydrogen (secondary N) is 1. The molecule has 1 N–H and O–H groups in total. The number of amides is 1. The van der Waals surface area contributed by atoms with E-state index in [1.54, 1.807) is 16.8 Å². The van der Waals surface area contributed by atoms with Crippen LogP contribution in [0.25, 0.3) is 0 Å². The van der Waals surface area contributed by atoms with Gasteiger partial charge in [0.1, 0.15) is 0 Å². The predicted octanol–water partition coefficient (Wildman–Crippen LogP) is 5.64. The van der Waals surface area contributed by atoms with Gasteiger partial charge in [-0.05, 0) is 55.1 Å². The molecule has 0 radical (unpaired) electrons. The number of hydrazine groups is 1. The van der Waals surface area contributed by atoms with E-state index < -0.39 is 5.54 Å². The number of hydrogen-bond acceptors (Lipinski definition) is 5. The molecule has 0 bridgehead atoms. The second-order valence-corrected chi connectivity index (χ2v) is 8.65. The summed E-state index contributed by atoms with van der Waals surface area (Å²) in [5.41, 5.74) is 3.97. The first kappa shape index (κ1) is 19.6. The van der Waals surface area contributed by atoms with Crippen molar-refractivity contribution < 1.29 is 4.79 Å². The van der Waals surface area contributed by atoms with Crippen LogP contribution in [-0.2, 0) is 10.3 Å². The maximum atomic E-state index is 13.3. The zero-order valence-electron chi connectivity index (χ0n) is 16.2. The first-order valence-corrected chi connectivity index (χ1v) is 11.3. The van der Waals surface area contributed by atoms with Crippen LogP contribution in [0.1, 0.15) is 12.5 Å². The van der Waals surface area contributed by atoms with Crippen LogP contribution in [-0.4, -0.2) is 22.3 Å². The average molecular weight is 420 g/mol. The highest BCUT2D eigenvalue weighted by Crippen LogP contribution is 2.37. The molecule has 0 aliphatic carbocycles. The van der Waals surface area contributed by atoms with Crippen molar-refractivity contribution in [3.05, 3.63) is 90.5 Å². The van der Waals surface area contributed by atoms with Crippen molar-refractivity contribution in [2.75, 3.05) is 11.7 Å². The summed E-state index contributed by atoms with van der Waals surface area (Å²) in [6.07, 6.45) is 1.93. The van der Waals surface area contributed by atoms with Gasteiger partial charge in [-0.25, -0.2) is 4.99 Å². The molecule has 1 aliphatic rings. The van der Waals surface area contributed by atoms with Crippen molar-refractivity contribution in [3.63, 3.8) is 0 Å². The summed E-state index contributed by atoms with van der Waals surface area (Å²) < 4.78 is 0. The van der Waals surface area contributed by atoms with Gasteiger partial charge in [0.15, 0.2) is 10.7 Å². The van der Waals surface area contributed by atoms with Gasteiger partial charge in [-0.2, -0.15) is 5.01 Å². The van der Waals surface area contributed by atoms with Crippen molar-refractivity contribution in [2.24, 2.45) is 4.99 Å². The first-order chi connectivity index (χ1) is 14.1. The number of aliphatic imine (C=N–C) groups is 1. The van der Waals surface area contributed by atoms with Crippen molar-refractivity contribution >= 4 is 40.3 Å². The van der Waals surface area contributed by atoms with Crippen molar-refractivity contribution in [2.45, 2.75) is 22.3 Å². The first-order valence-electron chi connectivity index (χ1n) is 9.24. The smallest absolute Gasteiger partial charge is 0.279 e. The Kier molecular flexibility index (Phi) is 5.65. The highest BCUT2D eigenvalue weighted by atomic mass is 32.2. The molecule has 1 heterocycles. The summed E-state index contributed by atoms with van der Waals surface area (Å²) in [4.78, 5) is 20.4. The zero-order valence-corrected chi connectivity index (χ0v) is 17.8. The quantitative estimate of drug-likeness (QED) is 0.581. The van der Waals surface area contributed by atoms with Gasteiger partial charge >= 0.3 is 0 Å². The molecule has 1 atom stereocenters. The van der Waals surface area contributed by atoms with Crippen LogP contribution in [0.3, 0.4) is 0 Å². The number of anilines is 1. The Bertz CT molecular complexity index is 1020. The molecule has 146 valence electrons. The summed E-state index contributed by atoms with van der Waals surface area (Å²) in [5.74, 6) is -0.0887. The van der Waals surface area contributed by atoms with Crippen LogP contribution < -0.4 is 5.43 Å². The lowest BCUT2D eigenvalue weighted by Crippen LogP contribution is -2.42. The van der Waals surface area contributed by atoms with E-state index in [0.717, 1.165) is 16.1 Å². The van der Waals surface area contributed by atoms with E-state index in [1.165, 1.54) is 16.7 Å². The van der Waals surface area contributed by atoms with Gasteiger partial charge in [0.05, 0.1) is 5.69 Å². The van der Waals surface area contributed by atoms with Crippen molar-refractivity contribution in [1.29, 1.82) is 0 Å². The molecule has 29 heavy (non-hydrogen) atoms. The molecule has 0 saturated carbocycles. The van der Waals surface area contributed by atoms with Crippen LogP contribution in [0, 0.1) is 0 Å². The van der Waals surface area contributed by atoms with E-state index in [-0.39, 0.29) is 5.91 Å². The highest BCUT2D eigenvalue weighted by Gasteiger charge is 2.46. The number of rotatable bonds is 5. The normalized spacial score (nSPS) is 18.6. The number of para-hydroxylation sites is 1. The second kappa shape index (κ2) is 8.35. The SMILES string of the molecule is CSC1=NC(C)(c2ccc(Sc3ccccc3)cc2)C(=O)N1Nc1ccccc1. The Morgan fingerprint density at radius 1 is 0.862 bits per heavy atom. The number of amidine groups is 1. The van der Waals surface area contributed by atoms with Crippen molar-refractivity contribution in [3.8, 4) is 0 Å². The number of carbonyl (C=O) groups excluding carboxylic acids is 1. The summed E-state index contributed by atoms with van der Waals surface area (Å²) in [5, 5.41) is 2.20. The minimum Gasteiger partial charge on any atom is -0.289 e. The van der Waals surface area contributed by atoms with E-state index in [4.69, 9.17) is 4.99 Å². The molecule has 3 aromatic carbocycles. The molecule has 0 saturated heterocycles. The number of nitrogens with zero attached hydrogens (tertiary/aromatic N) is 2. The zero-order chi connectivity index (χ0) is 20.3. The second-order valence-electron chi connectivity index (χ2n) is 6.73. The van der Waals surface area contributed by atoms with Gasteiger partial charge in [0, 0.05) is 9.79 Å². The Hall–Kier alpha value is -2.70. The summed E-state index contributed by atoms with van der Waals surface area (Å²) in [7, 11) is 0. The molecular weight excluding hydrogens is 398 g/mol. The molecule has 1 aliphatic heterocycles. The van der Waals surface area contributed by atoms with Gasteiger partial charge in [-0.15, -0.1) is 0 Å². The lowest BCUT2D eigenvalue weighted by molar-refractivity contribution is -0.129. The van der Waals surface area contributed by atoms with E-state index in [2.05, 4.69) is 17.6 Å². The highest BCUT2D eigenvalue weighted by molar-refractivity contribution is 8.13. The lowest BCUT2D eigenvalue weighted by atomic mass is 9.92. The standard InChI is InChI=1S/C23H21N3OS2/c1-23(17-13-15-20(16-14-17)29-19-11-7-4-8-12-19)21(27)26(22(24-23)28-2)25-18-9-5-3-6-10-18/h3-16,25H,1-2H3. The Morgan fingerprint density at radius 2 is 1.45 bits per heavy atom. The third-order valence-electron chi connectivity index (χ3n) is 4.72. The van der Waals surface area contributed by atoms with E-state index in [1.807, 2.05) is 86.0 Å². The van der Waals surface area contributed by atoms with Crippen LogP contribution in [0.15, 0.2) is 99.7 Å². The van der Waals surface area contributed by atoms with E-state index >= 15 is 0 Å². The third-order valence-corrected chi connectivity index (χ3v) is 6.38. The number of hydrogen-bond donors (Lipinski definition) is 1. The number of thioether (sulfide) groups is 1. The molecule has 4 nitrogen and oxygen atoms in total. The van der Waals surface area contributed by atoms with Crippen LogP contribution in [0.2, 0.25) is 0 Å². The molecule has 0 fully saturated rings. The summed E-state index contributed by atoms with van der Waals surface area (Å²) in [6, 6.07) is 28.0. The van der Waals surface area contributed by atoms with Gasteiger partial charge in [0.2, 0.25) is 0 Å². The molecule has 0 aromatic heterocycles. The molecule has 4 rings (SSSR count). The molecule has 3 aromatic rings. The predicted molar refractivity (Wildman–Crippen MR) is 122 cm³/mol. The van der Waals surface area contributed by atoms with E-state index in [0.29, 0.717) is 5.17 Å². The molecule has 0 spiro atoms. The molecule has 1 unspecified atom stereocenters. The average Bonchev–Trinajstić information content (AvgIpc) is 3.01. The summed E-state index contributed by atoms with van der Waals surface area (Å²) >= 11 is 3.15. The van der Waals surface area contributed by atoms with Crippen LogP contribution in [0.4, 0.5) is 5.69 Å². The topological polar surface area (TPSA) is 44.7 Å². The summed E-state index contributed by atoms with van der Waals surface area (Å²) in [6.45, 7) is 1.87. The van der Waals surface area contributed by atoms with Gasteiger partial charge < -0.3 is 0 Å². The van der Waals surface area contributed by atoms with Gasteiger partial charge in [0.25, 0.3) is 5.91 Å². The molecule has 1 amide bonds. The van der Waals surface area contributed by atoms with Crippen LogP contribution in [0.5, 0.6) is 0 Å². The molecular formula is C23H21N3OS2. The lowest BCUT2D eigenvalue weighted by Gasteiger charge is -2.24. The Morgan fingerprint density at radius 3 is 2.07 bits per heavy atom. The van der Waals surface area contributed by atoms with Crippen LogP contribution >= 0.6 is 23.5 Å². The molecule has 6 heteroatoms. The largest absolute Gasteiger partial charge is 0.289 e. The number of benzene rings is 3. The Labute approximate surface area is 179 Å². The fourth-order valence-corrected chi connectivity index (χ4v) is 4.55. The minimum atomic E-state index is -0.948. The minimum absolute atomic E-state index is 0.0887. The monoisotopic (exact) mass is 419 g/mol. The van der Waals surface area contributed by atoms with Gasteiger partial charge in [-0.3, -0.25) is 10.2 Å².